The smallest absolute Gasteiger partial charge is 0.410 e. The highest BCUT2D eigenvalue weighted by molar-refractivity contribution is 7.98. The van der Waals surface area contributed by atoms with E-state index in [1.165, 1.54) is 10.5 Å². The van der Waals surface area contributed by atoms with Crippen LogP contribution in [0.1, 0.15) is 26.3 Å². The number of hydrogen-bond acceptors (Lipinski definition) is 4. The SMILES string of the molecule is CSc1ccc(CNC2C3CN(C(=O)OC(C)(C)C)CC32)cc1. The van der Waals surface area contributed by atoms with E-state index in [-0.39, 0.29) is 6.09 Å². The van der Waals surface area contributed by atoms with Gasteiger partial charge in [-0.15, -0.1) is 11.8 Å². The van der Waals surface area contributed by atoms with E-state index in [0.29, 0.717) is 17.9 Å². The van der Waals surface area contributed by atoms with Crippen molar-refractivity contribution in [1.82, 2.24) is 10.2 Å². The molecule has 1 amide bonds. The lowest BCUT2D eigenvalue weighted by Gasteiger charge is -2.26. The van der Waals surface area contributed by atoms with Gasteiger partial charge in [0.25, 0.3) is 0 Å². The van der Waals surface area contributed by atoms with Gasteiger partial charge in [0, 0.05) is 30.6 Å². The number of amides is 1. The van der Waals surface area contributed by atoms with E-state index in [1.54, 1.807) is 11.8 Å². The number of thioether (sulfide) groups is 1. The number of nitrogens with one attached hydrogen (secondary N) is 1. The molecule has 0 spiro atoms. The fourth-order valence-corrected chi connectivity index (χ4v) is 3.69. The van der Waals surface area contributed by atoms with Crippen LogP contribution in [0.4, 0.5) is 4.79 Å². The molecule has 1 aromatic carbocycles. The summed E-state index contributed by atoms with van der Waals surface area (Å²) >= 11 is 1.76. The van der Waals surface area contributed by atoms with Crippen molar-refractivity contribution in [2.75, 3.05) is 19.3 Å². The molecule has 1 aliphatic heterocycles. The van der Waals surface area contributed by atoms with Gasteiger partial charge in [0.15, 0.2) is 0 Å². The summed E-state index contributed by atoms with van der Waals surface area (Å²) in [4.78, 5) is 15.2. The molecule has 1 heterocycles. The first kappa shape index (κ1) is 16.7. The molecule has 2 aliphatic rings. The van der Waals surface area contributed by atoms with Gasteiger partial charge in [-0.05, 0) is 56.6 Å². The van der Waals surface area contributed by atoms with Crippen LogP contribution < -0.4 is 5.32 Å². The number of carbonyl (C=O) groups excluding carboxylic acids is 1. The van der Waals surface area contributed by atoms with Gasteiger partial charge in [-0.25, -0.2) is 4.79 Å². The summed E-state index contributed by atoms with van der Waals surface area (Å²) in [6.45, 7) is 8.28. The van der Waals surface area contributed by atoms with Gasteiger partial charge in [-0.1, -0.05) is 12.1 Å². The Labute approximate surface area is 143 Å². The number of carbonyl (C=O) groups is 1. The van der Waals surface area contributed by atoms with E-state index in [9.17, 15) is 4.79 Å². The summed E-state index contributed by atoms with van der Waals surface area (Å²) in [5, 5.41) is 3.63. The van der Waals surface area contributed by atoms with Crippen molar-refractivity contribution in [3.8, 4) is 0 Å². The van der Waals surface area contributed by atoms with E-state index in [4.69, 9.17) is 4.74 Å². The number of nitrogens with zero attached hydrogens (tertiary/aromatic N) is 1. The van der Waals surface area contributed by atoms with Crippen molar-refractivity contribution in [3.05, 3.63) is 29.8 Å². The molecule has 2 fully saturated rings. The highest BCUT2D eigenvalue weighted by atomic mass is 32.2. The Balaban J connectivity index is 1.42. The van der Waals surface area contributed by atoms with E-state index in [2.05, 4.69) is 35.8 Å². The van der Waals surface area contributed by atoms with Crippen LogP contribution >= 0.6 is 11.8 Å². The number of piperidine rings is 1. The maximum Gasteiger partial charge on any atom is 0.410 e. The van der Waals surface area contributed by atoms with Gasteiger partial charge >= 0.3 is 6.09 Å². The van der Waals surface area contributed by atoms with E-state index < -0.39 is 5.60 Å². The van der Waals surface area contributed by atoms with Gasteiger partial charge in [0.05, 0.1) is 0 Å². The first-order valence-electron chi connectivity index (χ1n) is 8.21. The standard InChI is InChI=1S/C18H26N2O2S/c1-18(2,3)22-17(21)20-10-14-15(11-20)16(14)19-9-12-5-7-13(23-4)8-6-12/h5-8,14-16,19H,9-11H2,1-4H3. The second-order valence-corrected chi connectivity index (χ2v) is 8.35. The van der Waals surface area contributed by atoms with Crippen LogP contribution in [0.15, 0.2) is 29.2 Å². The molecular weight excluding hydrogens is 308 g/mol. The highest BCUT2D eigenvalue weighted by Gasteiger charge is 2.56. The normalized spacial score (nSPS) is 26.1. The maximum absolute atomic E-state index is 12.1. The van der Waals surface area contributed by atoms with Crippen molar-refractivity contribution in [2.45, 2.75) is 43.9 Å². The Kier molecular flexibility index (Phi) is 4.61. The van der Waals surface area contributed by atoms with Crippen LogP contribution in [0.5, 0.6) is 0 Å². The summed E-state index contributed by atoms with van der Waals surface area (Å²) in [7, 11) is 0. The zero-order valence-corrected chi connectivity index (χ0v) is 15.2. The lowest BCUT2D eigenvalue weighted by molar-refractivity contribution is 0.0269. The summed E-state index contributed by atoms with van der Waals surface area (Å²) in [6, 6.07) is 9.25. The predicted molar refractivity (Wildman–Crippen MR) is 93.6 cm³/mol. The average molecular weight is 334 g/mol. The fourth-order valence-electron chi connectivity index (χ4n) is 3.28. The molecule has 1 aromatic rings. The second-order valence-electron chi connectivity index (χ2n) is 7.47. The molecule has 1 N–H and O–H groups in total. The molecule has 0 radical (unpaired) electrons. The molecule has 2 unspecified atom stereocenters. The molecule has 2 atom stereocenters. The lowest BCUT2D eigenvalue weighted by atomic mass is 10.2. The van der Waals surface area contributed by atoms with Crippen molar-refractivity contribution in [3.63, 3.8) is 0 Å². The number of hydrogen-bond donors (Lipinski definition) is 1. The second kappa shape index (κ2) is 6.36. The number of fused-ring (bicyclic) bond motifs is 1. The molecule has 5 heteroatoms. The Morgan fingerprint density at radius 3 is 2.39 bits per heavy atom. The van der Waals surface area contributed by atoms with Gasteiger partial charge in [-0.3, -0.25) is 0 Å². The molecule has 23 heavy (non-hydrogen) atoms. The van der Waals surface area contributed by atoms with Crippen molar-refractivity contribution in [1.29, 1.82) is 0 Å². The van der Waals surface area contributed by atoms with Gasteiger partial charge in [-0.2, -0.15) is 0 Å². The van der Waals surface area contributed by atoms with E-state index in [0.717, 1.165) is 19.6 Å². The zero-order valence-electron chi connectivity index (χ0n) is 14.3. The molecule has 4 nitrogen and oxygen atoms in total. The van der Waals surface area contributed by atoms with Crippen LogP contribution in [0.25, 0.3) is 0 Å². The van der Waals surface area contributed by atoms with E-state index in [1.807, 2.05) is 25.7 Å². The molecule has 3 rings (SSSR count). The predicted octanol–water partition coefficient (Wildman–Crippen LogP) is 3.36. The minimum absolute atomic E-state index is 0.170. The minimum atomic E-state index is -0.412. The Morgan fingerprint density at radius 1 is 1.26 bits per heavy atom. The van der Waals surface area contributed by atoms with Crippen LogP contribution in [0.2, 0.25) is 0 Å². The number of likely N-dealkylation sites (tertiary alicyclic amines) is 1. The molecule has 1 saturated heterocycles. The summed E-state index contributed by atoms with van der Waals surface area (Å²) in [5.74, 6) is 1.18. The number of rotatable bonds is 4. The third-order valence-corrected chi connectivity index (χ3v) is 5.29. The Hall–Kier alpha value is -1.20. The van der Waals surface area contributed by atoms with Crippen molar-refractivity contribution >= 4 is 17.9 Å². The van der Waals surface area contributed by atoms with Crippen LogP contribution in [-0.2, 0) is 11.3 Å². The monoisotopic (exact) mass is 334 g/mol. The van der Waals surface area contributed by atoms with Crippen LogP contribution in [0.3, 0.4) is 0 Å². The number of ether oxygens (including phenoxy) is 1. The van der Waals surface area contributed by atoms with Gasteiger partial charge < -0.3 is 15.0 Å². The van der Waals surface area contributed by atoms with Crippen LogP contribution in [0, 0.1) is 11.8 Å². The Bertz CT molecular complexity index is 555. The average Bonchev–Trinajstić information content (AvgIpc) is 2.93. The summed E-state index contributed by atoms with van der Waals surface area (Å²) < 4.78 is 5.44. The van der Waals surface area contributed by atoms with Crippen molar-refractivity contribution in [2.24, 2.45) is 11.8 Å². The van der Waals surface area contributed by atoms with E-state index >= 15 is 0 Å². The lowest BCUT2D eigenvalue weighted by Crippen LogP contribution is -2.39. The topological polar surface area (TPSA) is 41.6 Å². The third-order valence-electron chi connectivity index (χ3n) is 4.55. The molecule has 0 bridgehead atoms. The third kappa shape index (κ3) is 4.01. The minimum Gasteiger partial charge on any atom is -0.444 e. The quantitative estimate of drug-likeness (QED) is 0.857. The summed E-state index contributed by atoms with van der Waals surface area (Å²) in [6.07, 6.45) is 1.92. The first-order chi connectivity index (χ1) is 10.9. The molecule has 1 saturated carbocycles. The van der Waals surface area contributed by atoms with Gasteiger partial charge in [0.2, 0.25) is 0 Å². The molecule has 0 aromatic heterocycles. The molecule has 126 valence electrons. The first-order valence-corrected chi connectivity index (χ1v) is 9.44. The van der Waals surface area contributed by atoms with Gasteiger partial charge in [0.1, 0.15) is 5.60 Å². The number of benzene rings is 1. The molecular formula is C18H26N2O2S. The maximum atomic E-state index is 12.1. The molecule has 1 aliphatic carbocycles. The fraction of sp³-hybridized carbons (Fsp3) is 0.611. The largest absolute Gasteiger partial charge is 0.444 e. The highest BCUT2D eigenvalue weighted by Crippen LogP contribution is 2.45. The zero-order chi connectivity index (χ0) is 16.6. The Morgan fingerprint density at radius 2 is 1.87 bits per heavy atom. The van der Waals surface area contributed by atoms with Crippen LogP contribution in [-0.4, -0.2) is 42.0 Å². The van der Waals surface area contributed by atoms with Crippen molar-refractivity contribution < 1.29 is 9.53 Å². The summed E-state index contributed by atoms with van der Waals surface area (Å²) in [5.41, 5.74) is 0.904.